The Hall–Kier alpha value is -1.35. The summed E-state index contributed by atoms with van der Waals surface area (Å²) in [5.74, 6) is 0.737. The first-order valence-corrected chi connectivity index (χ1v) is 7.91. The normalized spacial score (nSPS) is 24.3. The number of hydrogen-bond acceptors (Lipinski definition) is 2. The fourth-order valence-corrected chi connectivity index (χ4v) is 3.72. The molecule has 1 heterocycles. The molecule has 1 saturated carbocycles. The van der Waals surface area contributed by atoms with Crippen LogP contribution in [0.1, 0.15) is 68.5 Å². The molecule has 1 aliphatic heterocycles. The Labute approximate surface area is 120 Å². The molecule has 0 bridgehead atoms. The van der Waals surface area contributed by atoms with E-state index >= 15 is 0 Å². The van der Waals surface area contributed by atoms with Crippen LogP contribution < -0.4 is 11.1 Å². The van der Waals surface area contributed by atoms with Gasteiger partial charge in [0.15, 0.2) is 0 Å². The average molecular weight is 272 g/mol. The molecule has 0 spiro atoms. The zero-order valence-electron chi connectivity index (χ0n) is 12.2. The van der Waals surface area contributed by atoms with Gasteiger partial charge in [-0.2, -0.15) is 0 Å². The summed E-state index contributed by atoms with van der Waals surface area (Å²) in [6, 6.07) is 6.41. The number of benzene rings is 1. The first kappa shape index (κ1) is 13.6. The van der Waals surface area contributed by atoms with Crippen LogP contribution in [0, 0.1) is 5.92 Å². The van der Waals surface area contributed by atoms with E-state index in [1.807, 2.05) is 6.07 Å². The standard InChI is InChI=1S/C17H24N2O/c1-2-13-14-10-12(8-9-15(14)19-17(13)20)16(18)11-6-4-3-5-7-11/h8-11,13,16H,2-7,18H2,1H3,(H,19,20). The van der Waals surface area contributed by atoms with Crippen LogP contribution in [0.3, 0.4) is 0 Å². The molecule has 0 radical (unpaired) electrons. The van der Waals surface area contributed by atoms with Gasteiger partial charge in [-0.05, 0) is 42.4 Å². The van der Waals surface area contributed by atoms with Crippen molar-refractivity contribution in [1.29, 1.82) is 0 Å². The SMILES string of the molecule is CCC1C(=O)Nc2ccc(C(N)C3CCCCC3)cc21. The summed E-state index contributed by atoms with van der Waals surface area (Å²) in [6.07, 6.45) is 7.30. The third-order valence-corrected chi connectivity index (χ3v) is 4.98. The highest BCUT2D eigenvalue weighted by atomic mass is 16.2. The maximum atomic E-state index is 11.9. The van der Waals surface area contributed by atoms with Gasteiger partial charge in [0, 0.05) is 11.7 Å². The first-order valence-electron chi connectivity index (χ1n) is 7.91. The Bertz CT molecular complexity index is 506. The summed E-state index contributed by atoms with van der Waals surface area (Å²) >= 11 is 0. The molecule has 0 saturated heterocycles. The highest BCUT2D eigenvalue weighted by Gasteiger charge is 2.30. The minimum Gasteiger partial charge on any atom is -0.325 e. The van der Waals surface area contributed by atoms with Gasteiger partial charge in [-0.25, -0.2) is 0 Å². The second kappa shape index (κ2) is 5.57. The van der Waals surface area contributed by atoms with Gasteiger partial charge < -0.3 is 11.1 Å². The Morgan fingerprint density at radius 3 is 2.75 bits per heavy atom. The molecule has 3 heteroatoms. The van der Waals surface area contributed by atoms with Crippen molar-refractivity contribution in [2.75, 3.05) is 5.32 Å². The van der Waals surface area contributed by atoms with Crippen molar-refractivity contribution < 1.29 is 4.79 Å². The molecule has 3 nitrogen and oxygen atoms in total. The van der Waals surface area contributed by atoms with Gasteiger partial charge in [0.1, 0.15) is 0 Å². The van der Waals surface area contributed by atoms with Crippen molar-refractivity contribution in [1.82, 2.24) is 0 Å². The first-order chi connectivity index (χ1) is 9.70. The molecule has 2 atom stereocenters. The number of anilines is 1. The Morgan fingerprint density at radius 2 is 2.05 bits per heavy atom. The van der Waals surface area contributed by atoms with E-state index in [1.165, 1.54) is 37.7 Å². The maximum absolute atomic E-state index is 11.9. The monoisotopic (exact) mass is 272 g/mol. The lowest BCUT2D eigenvalue weighted by atomic mass is 9.81. The van der Waals surface area contributed by atoms with E-state index in [-0.39, 0.29) is 17.9 Å². The van der Waals surface area contributed by atoms with Crippen LogP contribution in [-0.4, -0.2) is 5.91 Å². The minimum atomic E-state index is 0.00325. The predicted molar refractivity (Wildman–Crippen MR) is 81.6 cm³/mol. The fourth-order valence-electron chi connectivity index (χ4n) is 3.72. The second-order valence-electron chi connectivity index (χ2n) is 6.22. The third-order valence-electron chi connectivity index (χ3n) is 4.98. The second-order valence-corrected chi connectivity index (χ2v) is 6.22. The van der Waals surface area contributed by atoms with Crippen LogP contribution in [0.15, 0.2) is 18.2 Å². The lowest BCUT2D eigenvalue weighted by molar-refractivity contribution is -0.117. The molecule has 1 amide bonds. The lowest BCUT2D eigenvalue weighted by Gasteiger charge is -2.28. The molecule has 2 unspecified atom stereocenters. The fraction of sp³-hybridized carbons (Fsp3) is 0.588. The molecule has 20 heavy (non-hydrogen) atoms. The summed E-state index contributed by atoms with van der Waals surface area (Å²) < 4.78 is 0. The zero-order valence-corrected chi connectivity index (χ0v) is 12.2. The van der Waals surface area contributed by atoms with Crippen LogP contribution in [0.2, 0.25) is 0 Å². The number of hydrogen-bond donors (Lipinski definition) is 2. The Balaban J connectivity index is 1.85. The van der Waals surface area contributed by atoms with Gasteiger partial charge in [0.25, 0.3) is 0 Å². The molecule has 3 N–H and O–H groups in total. The van der Waals surface area contributed by atoms with Crippen LogP contribution in [0.25, 0.3) is 0 Å². The summed E-state index contributed by atoms with van der Waals surface area (Å²) in [6.45, 7) is 2.06. The Morgan fingerprint density at radius 1 is 1.30 bits per heavy atom. The van der Waals surface area contributed by atoms with Gasteiger partial charge in [-0.15, -0.1) is 0 Å². The summed E-state index contributed by atoms with van der Waals surface area (Å²) in [5.41, 5.74) is 9.79. The predicted octanol–water partition coefficient (Wildman–Crippen LogP) is 3.71. The molecule has 108 valence electrons. The van der Waals surface area contributed by atoms with Gasteiger partial charge in [0.05, 0.1) is 5.92 Å². The Kier molecular flexibility index (Phi) is 3.79. The van der Waals surface area contributed by atoms with Gasteiger partial charge >= 0.3 is 0 Å². The number of carbonyl (C=O) groups excluding carboxylic acids is 1. The van der Waals surface area contributed by atoms with Crippen molar-refractivity contribution in [2.24, 2.45) is 11.7 Å². The van der Waals surface area contributed by atoms with E-state index in [2.05, 4.69) is 24.4 Å². The van der Waals surface area contributed by atoms with Gasteiger partial charge in [0.2, 0.25) is 5.91 Å². The smallest absolute Gasteiger partial charge is 0.231 e. The topological polar surface area (TPSA) is 55.1 Å². The summed E-state index contributed by atoms with van der Waals surface area (Å²) in [7, 11) is 0. The van der Waals surface area contributed by atoms with Crippen LogP contribution in [0.5, 0.6) is 0 Å². The minimum absolute atomic E-state index is 0.00325. The quantitative estimate of drug-likeness (QED) is 0.881. The van der Waals surface area contributed by atoms with Crippen molar-refractivity contribution in [3.8, 4) is 0 Å². The van der Waals surface area contributed by atoms with Crippen molar-refractivity contribution in [3.05, 3.63) is 29.3 Å². The summed E-state index contributed by atoms with van der Waals surface area (Å²) in [4.78, 5) is 11.9. The molecule has 2 aliphatic rings. The van der Waals surface area contributed by atoms with E-state index in [0.717, 1.165) is 17.7 Å². The number of nitrogens with one attached hydrogen (secondary N) is 1. The number of rotatable bonds is 3. The molecular formula is C17H24N2O. The van der Waals surface area contributed by atoms with Crippen molar-refractivity contribution in [3.63, 3.8) is 0 Å². The molecule has 1 aromatic rings. The maximum Gasteiger partial charge on any atom is 0.231 e. The molecule has 3 rings (SSSR count). The van der Waals surface area contributed by atoms with E-state index in [4.69, 9.17) is 5.73 Å². The van der Waals surface area contributed by atoms with Crippen LogP contribution in [0.4, 0.5) is 5.69 Å². The van der Waals surface area contributed by atoms with Gasteiger partial charge in [-0.3, -0.25) is 4.79 Å². The highest BCUT2D eigenvalue weighted by molar-refractivity contribution is 6.02. The number of amides is 1. The van der Waals surface area contributed by atoms with Crippen molar-refractivity contribution in [2.45, 2.75) is 57.4 Å². The van der Waals surface area contributed by atoms with E-state index in [0.29, 0.717) is 5.92 Å². The number of fused-ring (bicyclic) bond motifs is 1. The molecule has 0 aromatic heterocycles. The molecule has 1 aromatic carbocycles. The highest BCUT2D eigenvalue weighted by Crippen LogP contribution is 2.38. The largest absolute Gasteiger partial charge is 0.325 e. The number of carbonyl (C=O) groups is 1. The van der Waals surface area contributed by atoms with Crippen LogP contribution in [-0.2, 0) is 4.79 Å². The van der Waals surface area contributed by atoms with E-state index in [9.17, 15) is 4.79 Å². The number of nitrogens with two attached hydrogens (primary N) is 1. The molecule has 1 aliphatic carbocycles. The van der Waals surface area contributed by atoms with E-state index < -0.39 is 0 Å². The van der Waals surface area contributed by atoms with E-state index in [1.54, 1.807) is 0 Å². The van der Waals surface area contributed by atoms with Crippen LogP contribution >= 0.6 is 0 Å². The lowest BCUT2D eigenvalue weighted by Crippen LogP contribution is -2.23. The average Bonchev–Trinajstić information content (AvgIpc) is 2.81. The molecular weight excluding hydrogens is 248 g/mol. The summed E-state index contributed by atoms with van der Waals surface area (Å²) in [5, 5.41) is 2.96. The van der Waals surface area contributed by atoms with Crippen molar-refractivity contribution >= 4 is 11.6 Å². The third kappa shape index (κ3) is 2.35. The molecule has 1 fully saturated rings. The zero-order chi connectivity index (χ0) is 14.1. The van der Waals surface area contributed by atoms with Gasteiger partial charge in [-0.1, -0.05) is 38.3 Å².